The molecule has 0 spiro atoms. The van der Waals surface area contributed by atoms with Crippen LogP contribution in [0, 0.1) is 17.3 Å². The van der Waals surface area contributed by atoms with Crippen molar-refractivity contribution in [3.05, 3.63) is 33.8 Å². The Morgan fingerprint density at radius 2 is 1.97 bits per heavy atom. The molecule has 1 aliphatic heterocycles. The third kappa shape index (κ3) is 3.67. The van der Waals surface area contributed by atoms with Crippen LogP contribution >= 0.6 is 23.2 Å². The molecular formula is C20H25BCl2N2O4. The van der Waals surface area contributed by atoms with Gasteiger partial charge in [0, 0.05) is 5.02 Å². The molecule has 1 heterocycles. The zero-order valence-corrected chi connectivity index (χ0v) is 18.3. The molecule has 0 unspecified atom stereocenters. The normalized spacial score (nSPS) is 31.6. The molecule has 0 aromatic heterocycles. The number of halogens is 2. The first kappa shape index (κ1) is 21.0. The van der Waals surface area contributed by atoms with Crippen molar-refractivity contribution in [2.24, 2.45) is 17.3 Å². The molecule has 4 atom stereocenters. The highest BCUT2D eigenvalue weighted by Crippen LogP contribution is 2.65. The van der Waals surface area contributed by atoms with Crippen LogP contribution in [0.25, 0.3) is 0 Å². The average Bonchev–Trinajstić information content (AvgIpc) is 3.02. The van der Waals surface area contributed by atoms with E-state index < -0.39 is 13.0 Å². The Morgan fingerprint density at radius 3 is 2.69 bits per heavy atom. The summed E-state index contributed by atoms with van der Waals surface area (Å²) in [5.41, 5.74) is 0.206. The second kappa shape index (κ2) is 7.45. The zero-order valence-electron chi connectivity index (χ0n) is 16.8. The maximum Gasteiger partial charge on any atom is 0.478 e. The molecule has 0 radical (unpaired) electrons. The molecule has 2 N–H and O–H groups in total. The van der Waals surface area contributed by atoms with E-state index in [1.54, 1.807) is 12.1 Å². The number of amides is 2. The second-order valence-electron chi connectivity index (χ2n) is 9.01. The summed E-state index contributed by atoms with van der Waals surface area (Å²) < 4.78 is 12.3. The van der Waals surface area contributed by atoms with E-state index in [1.165, 1.54) is 12.5 Å². The predicted octanol–water partition coefficient (Wildman–Crippen LogP) is 3.11. The molecule has 3 saturated carbocycles. The van der Waals surface area contributed by atoms with Crippen molar-refractivity contribution in [2.75, 3.05) is 13.0 Å². The Hall–Kier alpha value is -1.28. The predicted molar refractivity (Wildman–Crippen MR) is 112 cm³/mol. The van der Waals surface area contributed by atoms with Gasteiger partial charge in [0.2, 0.25) is 5.91 Å². The first-order valence-electron chi connectivity index (χ1n) is 9.94. The van der Waals surface area contributed by atoms with Crippen molar-refractivity contribution in [3.8, 4) is 0 Å². The van der Waals surface area contributed by atoms with Crippen LogP contribution in [-0.2, 0) is 14.1 Å². The molecule has 6 nitrogen and oxygen atoms in total. The lowest BCUT2D eigenvalue weighted by Crippen LogP contribution is -2.65. The monoisotopic (exact) mass is 438 g/mol. The summed E-state index contributed by atoms with van der Waals surface area (Å²) in [6, 6.07) is 4.60. The summed E-state index contributed by atoms with van der Waals surface area (Å²) in [4.78, 5) is 24.4. The van der Waals surface area contributed by atoms with E-state index in [-0.39, 0.29) is 46.6 Å². The molecular weight excluding hydrogens is 414 g/mol. The lowest BCUT2D eigenvalue weighted by molar-refractivity contribution is -0.199. The topological polar surface area (TPSA) is 76.7 Å². The number of carbonyl (C=O) groups is 2. The Kier molecular flexibility index (Phi) is 5.39. The summed E-state index contributed by atoms with van der Waals surface area (Å²) in [6.07, 6.45) is 2.50. The van der Waals surface area contributed by atoms with E-state index >= 15 is 0 Å². The van der Waals surface area contributed by atoms with E-state index in [9.17, 15) is 9.59 Å². The lowest BCUT2D eigenvalue weighted by atomic mass is 9.43. The van der Waals surface area contributed by atoms with Crippen LogP contribution < -0.4 is 10.6 Å². The number of hydrogen-bond acceptors (Lipinski definition) is 4. The molecule has 5 rings (SSSR count). The van der Waals surface area contributed by atoms with Gasteiger partial charge in [0.15, 0.2) is 0 Å². The number of hydrogen-bond donors (Lipinski definition) is 2. The number of benzene rings is 1. The molecule has 2 bridgehead atoms. The summed E-state index contributed by atoms with van der Waals surface area (Å²) in [5, 5.41) is 5.99. The molecule has 1 aromatic carbocycles. The Labute approximate surface area is 181 Å². The van der Waals surface area contributed by atoms with Gasteiger partial charge in [-0.2, -0.15) is 0 Å². The maximum absolute atomic E-state index is 12.2. The van der Waals surface area contributed by atoms with Crippen LogP contribution in [0.4, 0.5) is 0 Å². The molecule has 29 heavy (non-hydrogen) atoms. The first-order chi connectivity index (χ1) is 13.6. The molecule has 9 heteroatoms. The highest BCUT2D eigenvalue weighted by atomic mass is 35.5. The van der Waals surface area contributed by atoms with Crippen LogP contribution in [0.3, 0.4) is 0 Å². The van der Waals surface area contributed by atoms with Gasteiger partial charge in [0.25, 0.3) is 5.91 Å². The van der Waals surface area contributed by atoms with Gasteiger partial charge in [-0.05, 0) is 55.2 Å². The van der Waals surface area contributed by atoms with Crippen molar-refractivity contribution >= 4 is 42.1 Å². The number of rotatable bonds is 5. The summed E-state index contributed by atoms with van der Waals surface area (Å²) in [6.45, 7) is 6.57. The zero-order chi connectivity index (χ0) is 21.0. The van der Waals surface area contributed by atoms with E-state index in [0.29, 0.717) is 16.9 Å². The Morgan fingerprint density at radius 1 is 1.21 bits per heavy atom. The van der Waals surface area contributed by atoms with Crippen molar-refractivity contribution < 1.29 is 18.9 Å². The molecule has 4 aliphatic rings. The fourth-order valence-corrected chi connectivity index (χ4v) is 5.60. The molecule has 1 aromatic rings. The molecule has 4 fully saturated rings. The van der Waals surface area contributed by atoms with Crippen LogP contribution in [0.2, 0.25) is 10.0 Å². The van der Waals surface area contributed by atoms with Gasteiger partial charge in [-0.15, -0.1) is 0 Å². The van der Waals surface area contributed by atoms with Crippen LogP contribution in [0.15, 0.2) is 18.2 Å². The second-order valence-corrected chi connectivity index (χ2v) is 9.85. The van der Waals surface area contributed by atoms with Gasteiger partial charge in [-0.25, -0.2) is 0 Å². The minimum absolute atomic E-state index is 0.0749. The quantitative estimate of drug-likeness (QED) is 0.692. The highest BCUT2D eigenvalue weighted by molar-refractivity contribution is 6.46. The molecule has 156 valence electrons. The lowest BCUT2D eigenvalue weighted by Gasteiger charge is -2.64. The summed E-state index contributed by atoms with van der Waals surface area (Å²) in [5.74, 6) is 0.368. The van der Waals surface area contributed by atoms with Crippen molar-refractivity contribution in [1.29, 1.82) is 0 Å². The van der Waals surface area contributed by atoms with E-state index in [2.05, 4.69) is 31.4 Å². The van der Waals surface area contributed by atoms with E-state index in [0.717, 1.165) is 6.42 Å². The van der Waals surface area contributed by atoms with Gasteiger partial charge < -0.3 is 19.9 Å². The minimum atomic E-state index is -0.470. The number of nitrogens with one attached hydrogen (secondary N) is 2. The fourth-order valence-electron chi connectivity index (χ4n) is 5.23. The molecule has 2 amide bonds. The van der Waals surface area contributed by atoms with Gasteiger partial charge in [-0.1, -0.05) is 37.0 Å². The molecule has 3 aliphatic carbocycles. The van der Waals surface area contributed by atoms with Crippen molar-refractivity contribution in [1.82, 2.24) is 10.6 Å². The average molecular weight is 439 g/mol. The van der Waals surface area contributed by atoms with E-state index in [4.69, 9.17) is 32.5 Å². The highest BCUT2D eigenvalue weighted by Gasteiger charge is 2.67. The van der Waals surface area contributed by atoms with Gasteiger partial charge in [0.05, 0.1) is 35.3 Å². The van der Waals surface area contributed by atoms with Crippen molar-refractivity contribution in [2.45, 2.75) is 45.3 Å². The third-order valence-electron chi connectivity index (χ3n) is 7.05. The first-order valence-corrected chi connectivity index (χ1v) is 10.7. The standard InChI is InChI=1S/C20H25BCl2N2O4/c1-19(2)11-6-15(19)20(3)16(7-11)28-21(29-20)10-25-17(26)9-24-18(27)13-8-12(22)4-5-14(13)23/h4-5,8,11,15-16H,6-7,9-10H2,1-3H3,(H,24,27)(H,25,26)/t11-,15-,16+,20-/m0/s1. The minimum Gasteiger partial charge on any atom is -0.404 e. The van der Waals surface area contributed by atoms with Gasteiger partial charge in [-0.3, -0.25) is 9.59 Å². The van der Waals surface area contributed by atoms with Crippen LogP contribution in [0.5, 0.6) is 0 Å². The van der Waals surface area contributed by atoms with E-state index in [1.807, 2.05) is 0 Å². The molecule has 1 saturated heterocycles. The smallest absolute Gasteiger partial charge is 0.404 e. The SMILES string of the molecule is CC1(C)[C@@H]2C[C@H]3OB(CNC(=O)CNC(=O)c4cc(Cl)ccc4Cl)O[C@@]3(C)[C@H]1C2. The largest absolute Gasteiger partial charge is 0.478 e. The third-order valence-corrected chi connectivity index (χ3v) is 7.61. The van der Waals surface area contributed by atoms with Gasteiger partial charge >= 0.3 is 7.12 Å². The van der Waals surface area contributed by atoms with Crippen molar-refractivity contribution in [3.63, 3.8) is 0 Å². The number of carbonyl (C=O) groups excluding carboxylic acids is 2. The Balaban J connectivity index is 1.26. The van der Waals surface area contributed by atoms with Gasteiger partial charge in [0.1, 0.15) is 0 Å². The maximum atomic E-state index is 12.2. The van der Waals surface area contributed by atoms with Crippen LogP contribution in [-0.4, -0.2) is 43.6 Å². The summed E-state index contributed by atoms with van der Waals surface area (Å²) >= 11 is 11.9. The van der Waals surface area contributed by atoms with Crippen LogP contribution in [0.1, 0.15) is 44.0 Å². The fraction of sp³-hybridized carbons (Fsp3) is 0.600. The summed E-state index contributed by atoms with van der Waals surface area (Å²) in [7, 11) is -0.470. The Bertz CT molecular complexity index is 852.